The largest absolute Gasteiger partial charge is 0.359 e. The molecule has 0 atom stereocenters. The number of aromatic nitrogens is 2. The van der Waals surface area contributed by atoms with Crippen molar-refractivity contribution in [1.29, 1.82) is 0 Å². The first-order valence-electron chi connectivity index (χ1n) is 6.96. The van der Waals surface area contributed by atoms with Gasteiger partial charge in [0.2, 0.25) is 5.91 Å². The Hall–Kier alpha value is -2.14. The van der Waals surface area contributed by atoms with Crippen molar-refractivity contribution >= 4 is 22.2 Å². The van der Waals surface area contributed by atoms with E-state index in [0.717, 1.165) is 28.3 Å². The molecule has 0 saturated carbocycles. The van der Waals surface area contributed by atoms with Gasteiger partial charge in [-0.3, -0.25) is 9.20 Å². The summed E-state index contributed by atoms with van der Waals surface area (Å²) in [6.07, 6.45) is 3.42. The van der Waals surface area contributed by atoms with Gasteiger partial charge in [0.25, 0.3) is 0 Å². The summed E-state index contributed by atoms with van der Waals surface area (Å²) in [5.74, 6) is 0.0113. The lowest BCUT2D eigenvalue weighted by molar-refractivity contribution is -0.120. The lowest BCUT2D eigenvalue weighted by atomic mass is 10.1. The normalized spacial score (nSPS) is 11.0. The van der Waals surface area contributed by atoms with Crippen LogP contribution < -0.4 is 5.32 Å². The van der Waals surface area contributed by atoms with Gasteiger partial charge in [-0.1, -0.05) is 31.2 Å². The number of hydrogen-bond acceptors (Lipinski definition) is 3. The second-order valence-electron chi connectivity index (χ2n) is 4.91. The highest BCUT2D eigenvalue weighted by atomic mass is 32.1. The van der Waals surface area contributed by atoms with Gasteiger partial charge in [0.05, 0.1) is 12.1 Å². The maximum absolute atomic E-state index is 11.5. The van der Waals surface area contributed by atoms with E-state index >= 15 is 0 Å². The molecule has 0 spiro atoms. The number of nitrogens with zero attached hydrogens (tertiary/aromatic N) is 2. The van der Waals surface area contributed by atoms with Crippen LogP contribution in [0.15, 0.2) is 35.8 Å². The first kappa shape index (κ1) is 13.8. The molecule has 0 aliphatic carbocycles. The first-order valence-corrected chi connectivity index (χ1v) is 7.84. The minimum absolute atomic E-state index is 0.0113. The number of benzene rings is 1. The van der Waals surface area contributed by atoms with Gasteiger partial charge >= 0.3 is 0 Å². The number of rotatable bonds is 4. The van der Waals surface area contributed by atoms with E-state index in [1.807, 2.05) is 16.0 Å². The number of carbonyl (C=O) groups is 1. The van der Waals surface area contributed by atoms with E-state index in [9.17, 15) is 4.79 Å². The van der Waals surface area contributed by atoms with Crippen LogP contribution in [0.2, 0.25) is 0 Å². The van der Waals surface area contributed by atoms with E-state index < -0.39 is 0 Å². The van der Waals surface area contributed by atoms with Crippen molar-refractivity contribution in [3.05, 3.63) is 47.1 Å². The minimum atomic E-state index is 0.0113. The van der Waals surface area contributed by atoms with E-state index in [1.54, 1.807) is 18.4 Å². The number of imidazole rings is 1. The number of fused-ring (bicyclic) bond motifs is 1. The van der Waals surface area contributed by atoms with Crippen LogP contribution >= 0.6 is 11.3 Å². The monoisotopic (exact) mass is 299 g/mol. The van der Waals surface area contributed by atoms with Crippen LogP contribution in [-0.2, 0) is 17.6 Å². The Morgan fingerprint density at radius 2 is 2.10 bits per heavy atom. The lowest BCUT2D eigenvalue weighted by Crippen LogP contribution is -2.20. The van der Waals surface area contributed by atoms with Crippen LogP contribution in [0.5, 0.6) is 0 Å². The topological polar surface area (TPSA) is 46.4 Å². The Morgan fingerprint density at radius 1 is 1.33 bits per heavy atom. The fourth-order valence-corrected chi connectivity index (χ4v) is 3.13. The van der Waals surface area contributed by atoms with Crippen LogP contribution in [0.4, 0.5) is 0 Å². The van der Waals surface area contributed by atoms with Gasteiger partial charge in [-0.25, -0.2) is 4.98 Å². The third-order valence-electron chi connectivity index (χ3n) is 3.56. The molecule has 0 radical (unpaired) electrons. The molecule has 0 saturated heterocycles. The Balaban J connectivity index is 1.95. The van der Waals surface area contributed by atoms with Crippen molar-refractivity contribution in [3.8, 4) is 11.3 Å². The summed E-state index contributed by atoms with van der Waals surface area (Å²) in [7, 11) is 1.65. The fourth-order valence-electron chi connectivity index (χ4n) is 2.26. The molecule has 0 fully saturated rings. The summed E-state index contributed by atoms with van der Waals surface area (Å²) in [6.45, 7) is 2.15. The van der Waals surface area contributed by atoms with Gasteiger partial charge in [0, 0.05) is 29.9 Å². The zero-order valence-electron chi connectivity index (χ0n) is 12.1. The smallest absolute Gasteiger partial charge is 0.225 e. The molecular weight excluding hydrogens is 282 g/mol. The van der Waals surface area contributed by atoms with Crippen LogP contribution in [0.25, 0.3) is 16.2 Å². The molecular formula is C16H17N3OS. The van der Waals surface area contributed by atoms with Crippen LogP contribution in [0.3, 0.4) is 0 Å². The highest BCUT2D eigenvalue weighted by molar-refractivity contribution is 7.15. The van der Waals surface area contributed by atoms with Gasteiger partial charge in [0.1, 0.15) is 0 Å². The predicted molar refractivity (Wildman–Crippen MR) is 85.7 cm³/mol. The molecule has 5 heteroatoms. The number of carbonyl (C=O) groups excluding carboxylic acids is 1. The SMILES string of the molecule is CCc1ccc(-c2cn3c(CC(=O)NC)csc3n2)cc1. The standard InChI is InChI=1S/C16H17N3OS/c1-3-11-4-6-12(7-5-11)14-9-19-13(8-15(20)17-2)10-21-16(19)18-14/h4-7,9-10H,3,8H2,1-2H3,(H,17,20). The summed E-state index contributed by atoms with van der Waals surface area (Å²) in [5, 5.41) is 4.64. The van der Waals surface area contributed by atoms with Gasteiger partial charge in [-0.2, -0.15) is 0 Å². The van der Waals surface area contributed by atoms with Gasteiger partial charge in [-0.15, -0.1) is 11.3 Å². The van der Waals surface area contributed by atoms with E-state index in [2.05, 4.69) is 41.5 Å². The van der Waals surface area contributed by atoms with E-state index in [4.69, 9.17) is 0 Å². The highest BCUT2D eigenvalue weighted by Gasteiger charge is 2.11. The highest BCUT2D eigenvalue weighted by Crippen LogP contribution is 2.24. The van der Waals surface area contributed by atoms with Crippen molar-refractivity contribution in [2.45, 2.75) is 19.8 Å². The van der Waals surface area contributed by atoms with Crippen molar-refractivity contribution in [3.63, 3.8) is 0 Å². The second-order valence-corrected chi connectivity index (χ2v) is 5.74. The molecule has 0 aliphatic heterocycles. The number of nitrogens with one attached hydrogen (secondary N) is 1. The molecule has 21 heavy (non-hydrogen) atoms. The van der Waals surface area contributed by atoms with E-state index in [1.165, 1.54) is 5.56 Å². The number of likely N-dealkylation sites (N-methyl/N-ethyl adjacent to an activating group) is 1. The Morgan fingerprint density at radius 3 is 2.76 bits per heavy atom. The van der Waals surface area contributed by atoms with Gasteiger partial charge in [0.15, 0.2) is 4.96 Å². The molecule has 2 aromatic heterocycles. The quantitative estimate of drug-likeness (QED) is 0.805. The molecule has 1 N–H and O–H groups in total. The number of hydrogen-bond donors (Lipinski definition) is 1. The molecule has 3 aromatic rings. The first-order chi connectivity index (χ1) is 10.2. The molecule has 2 heterocycles. The molecule has 0 unspecified atom stereocenters. The van der Waals surface area contributed by atoms with Gasteiger partial charge in [-0.05, 0) is 12.0 Å². The summed E-state index contributed by atoms with van der Waals surface area (Å²) in [4.78, 5) is 17.1. The van der Waals surface area contributed by atoms with Crippen LogP contribution in [0.1, 0.15) is 18.2 Å². The maximum Gasteiger partial charge on any atom is 0.225 e. The molecule has 1 aromatic carbocycles. The Bertz CT molecular complexity index is 771. The summed E-state index contributed by atoms with van der Waals surface area (Å²) in [5.41, 5.74) is 4.34. The molecule has 108 valence electrons. The average molecular weight is 299 g/mol. The van der Waals surface area contributed by atoms with E-state index in [0.29, 0.717) is 6.42 Å². The third kappa shape index (κ3) is 2.69. The van der Waals surface area contributed by atoms with Crippen molar-refractivity contribution in [2.24, 2.45) is 0 Å². The Kier molecular flexibility index (Phi) is 3.75. The molecule has 0 bridgehead atoms. The average Bonchev–Trinajstić information content (AvgIpc) is 3.09. The van der Waals surface area contributed by atoms with Crippen LogP contribution in [-0.4, -0.2) is 22.3 Å². The summed E-state index contributed by atoms with van der Waals surface area (Å²) < 4.78 is 2.00. The maximum atomic E-state index is 11.5. The fraction of sp³-hybridized carbons (Fsp3) is 0.250. The van der Waals surface area contributed by atoms with Crippen LogP contribution in [0, 0.1) is 0 Å². The van der Waals surface area contributed by atoms with E-state index in [-0.39, 0.29) is 5.91 Å². The number of aryl methyl sites for hydroxylation is 1. The predicted octanol–water partition coefficient (Wildman–Crippen LogP) is 2.91. The number of amides is 1. The molecule has 1 amide bonds. The molecule has 3 rings (SSSR count). The van der Waals surface area contributed by atoms with Crippen molar-refractivity contribution in [1.82, 2.24) is 14.7 Å². The zero-order valence-corrected chi connectivity index (χ0v) is 12.9. The summed E-state index contributed by atoms with van der Waals surface area (Å²) >= 11 is 1.56. The zero-order chi connectivity index (χ0) is 14.8. The van der Waals surface area contributed by atoms with Gasteiger partial charge < -0.3 is 5.32 Å². The molecule has 4 nitrogen and oxygen atoms in total. The number of thiazole rings is 1. The van der Waals surface area contributed by atoms with Crippen molar-refractivity contribution in [2.75, 3.05) is 7.05 Å². The van der Waals surface area contributed by atoms with Crippen molar-refractivity contribution < 1.29 is 4.79 Å². The minimum Gasteiger partial charge on any atom is -0.359 e. The summed E-state index contributed by atoms with van der Waals surface area (Å²) in [6, 6.07) is 8.47. The lowest BCUT2D eigenvalue weighted by Gasteiger charge is -1.99. The second kappa shape index (κ2) is 5.69. The third-order valence-corrected chi connectivity index (χ3v) is 4.45. The molecule has 0 aliphatic rings. The Labute approximate surface area is 127 Å².